The van der Waals surface area contributed by atoms with Crippen LogP contribution in [0.15, 0.2) is 66.9 Å². The summed E-state index contributed by atoms with van der Waals surface area (Å²) in [6.07, 6.45) is -2.41. The smallest absolute Gasteiger partial charge is 0.406 e. The third kappa shape index (κ3) is 4.86. The molecule has 3 aromatic carbocycles. The fourth-order valence-corrected chi connectivity index (χ4v) is 3.18. The molecule has 3 N–H and O–H groups in total. The van der Waals surface area contributed by atoms with Crippen LogP contribution in [0.2, 0.25) is 0 Å². The summed E-state index contributed by atoms with van der Waals surface area (Å²) in [4.78, 5) is 23.4. The van der Waals surface area contributed by atoms with Crippen LogP contribution in [0.5, 0.6) is 5.75 Å². The molecular weight excluding hydrogens is 425 g/mol. The van der Waals surface area contributed by atoms with Crippen molar-refractivity contribution < 1.29 is 27.5 Å². The van der Waals surface area contributed by atoms with Crippen molar-refractivity contribution >= 4 is 34.6 Å². The van der Waals surface area contributed by atoms with E-state index in [1.165, 1.54) is 12.1 Å². The Bertz CT molecular complexity index is 1280. The van der Waals surface area contributed by atoms with Gasteiger partial charge in [0.15, 0.2) is 0 Å². The fourth-order valence-electron chi connectivity index (χ4n) is 3.18. The van der Waals surface area contributed by atoms with Crippen molar-refractivity contribution in [1.82, 2.24) is 10.2 Å². The summed E-state index contributed by atoms with van der Waals surface area (Å²) in [6.45, 7) is 0. The SMILES string of the molecule is O=Cc1cc(-c2ccc(NC(=O)Nc3cccc(OC(F)(F)F)c3)cc2)c2cn[nH]c2c1. The van der Waals surface area contributed by atoms with E-state index in [0.717, 1.165) is 40.4 Å². The number of hydrogen-bond acceptors (Lipinski definition) is 4. The number of nitrogens with one attached hydrogen (secondary N) is 3. The zero-order valence-corrected chi connectivity index (χ0v) is 16.2. The van der Waals surface area contributed by atoms with E-state index in [0.29, 0.717) is 11.3 Å². The maximum atomic E-state index is 12.3. The van der Waals surface area contributed by atoms with E-state index in [1.54, 1.807) is 42.6 Å². The number of urea groups is 1. The number of nitrogens with zero attached hydrogens (tertiary/aromatic N) is 1. The zero-order chi connectivity index (χ0) is 22.7. The molecule has 1 heterocycles. The van der Waals surface area contributed by atoms with Gasteiger partial charge in [-0.15, -0.1) is 13.2 Å². The van der Waals surface area contributed by atoms with Crippen molar-refractivity contribution in [3.8, 4) is 16.9 Å². The summed E-state index contributed by atoms with van der Waals surface area (Å²) in [6, 6.07) is 14.6. The third-order valence-corrected chi connectivity index (χ3v) is 4.50. The van der Waals surface area contributed by atoms with Gasteiger partial charge in [-0.25, -0.2) is 4.79 Å². The monoisotopic (exact) mass is 440 g/mol. The first-order valence-corrected chi connectivity index (χ1v) is 9.27. The van der Waals surface area contributed by atoms with Crippen molar-refractivity contribution in [2.24, 2.45) is 0 Å². The maximum Gasteiger partial charge on any atom is 0.573 e. The molecule has 0 saturated heterocycles. The molecule has 0 aliphatic carbocycles. The first kappa shape index (κ1) is 20.9. The predicted octanol–water partition coefficient (Wildman–Crippen LogP) is 5.59. The van der Waals surface area contributed by atoms with Crippen LogP contribution in [-0.2, 0) is 0 Å². The molecule has 0 bridgehead atoms. The number of alkyl halides is 3. The molecule has 7 nitrogen and oxygen atoms in total. The van der Waals surface area contributed by atoms with Gasteiger partial charge in [-0.1, -0.05) is 18.2 Å². The Labute approximate surface area is 179 Å². The third-order valence-electron chi connectivity index (χ3n) is 4.50. The van der Waals surface area contributed by atoms with Gasteiger partial charge in [0, 0.05) is 28.4 Å². The second-order valence-corrected chi connectivity index (χ2v) is 6.75. The number of aldehydes is 1. The van der Waals surface area contributed by atoms with Crippen molar-refractivity contribution in [2.75, 3.05) is 10.6 Å². The largest absolute Gasteiger partial charge is 0.573 e. The highest BCUT2D eigenvalue weighted by molar-refractivity contribution is 6.01. The molecule has 4 aromatic rings. The predicted molar refractivity (Wildman–Crippen MR) is 113 cm³/mol. The van der Waals surface area contributed by atoms with E-state index in [4.69, 9.17) is 0 Å². The van der Waals surface area contributed by atoms with E-state index in [9.17, 15) is 22.8 Å². The highest BCUT2D eigenvalue weighted by atomic mass is 19.4. The fraction of sp³-hybridized carbons (Fsp3) is 0.0455. The van der Waals surface area contributed by atoms with Crippen molar-refractivity contribution in [2.45, 2.75) is 6.36 Å². The molecule has 0 atom stereocenters. The van der Waals surface area contributed by atoms with Crippen LogP contribution in [0.3, 0.4) is 0 Å². The van der Waals surface area contributed by atoms with Crippen LogP contribution in [0.25, 0.3) is 22.0 Å². The molecule has 2 amide bonds. The van der Waals surface area contributed by atoms with Gasteiger partial charge in [0.25, 0.3) is 0 Å². The molecule has 0 aliphatic rings. The van der Waals surface area contributed by atoms with Gasteiger partial charge in [-0.3, -0.25) is 9.89 Å². The Kier molecular flexibility index (Phi) is 5.50. The van der Waals surface area contributed by atoms with Crippen LogP contribution in [0.1, 0.15) is 10.4 Å². The molecular formula is C22H15F3N4O3. The summed E-state index contributed by atoms with van der Waals surface area (Å²) in [7, 11) is 0. The molecule has 0 unspecified atom stereocenters. The number of aromatic amines is 1. The van der Waals surface area contributed by atoms with E-state index in [2.05, 4.69) is 25.6 Å². The first-order chi connectivity index (χ1) is 15.3. The minimum Gasteiger partial charge on any atom is -0.406 e. The van der Waals surface area contributed by atoms with Crippen LogP contribution >= 0.6 is 0 Å². The van der Waals surface area contributed by atoms with Gasteiger partial charge in [0.1, 0.15) is 12.0 Å². The molecule has 0 fully saturated rings. The zero-order valence-electron chi connectivity index (χ0n) is 16.2. The van der Waals surface area contributed by atoms with E-state index >= 15 is 0 Å². The van der Waals surface area contributed by atoms with Crippen LogP contribution in [0, 0.1) is 0 Å². The Morgan fingerprint density at radius 2 is 1.75 bits per heavy atom. The molecule has 0 radical (unpaired) electrons. The minimum absolute atomic E-state index is 0.133. The summed E-state index contributed by atoms with van der Waals surface area (Å²) in [5, 5.41) is 12.7. The van der Waals surface area contributed by atoms with Crippen molar-refractivity contribution in [3.63, 3.8) is 0 Å². The lowest BCUT2D eigenvalue weighted by atomic mass is 9.99. The number of rotatable bonds is 5. The molecule has 0 aliphatic heterocycles. The van der Waals surface area contributed by atoms with E-state index in [-0.39, 0.29) is 5.69 Å². The lowest BCUT2D eigenvalue weighted by molar-refractivity contribution is -0.274. The van der Waals surface area contributed by atoms with Crippen LogP contribution in [0.4, 0.5) is 29.3 Å². The highest BCUT2D eigenvalue weighted by Gasteiger charge is 2.31. The van der Waals surface area contributed by atoms with Gasteiger partial charge in [0.2, 0.25) is 0 Å². The molecule has 4 rings (SSSR count). The number of carbonyl (C=O) groups excluding carboxylic acids is 2. The number of hydrogen-bond donors (Lipinski definition) is 3. The van der Waals surface area contributed by atoms with Gasteiger partial charge in [-0.2, -0.15) is 5.10 Å². The molecule has 0 saturated carbocycles. The maximum absolute atomic E-state index is 12.3. The Morgan fingerprint density at radius 1 is 1.00 bits per heavy atom. The Hall–Kier alpha value is -4.34. The number of H-pyrrole nitrogens is 1. The highest BCUT2D eigenvalue weighted by Crippen LogP contribution is 2.30. The number of fused-ring (bicyclic) bond motifs is 1. The minimum atomic E-state index is -4.82. The van der Waals surface area contributed by atoms with Crippen LogP contribution in [-0.4, -0.2) is 28.9 Å². The van der Waals surface area contributed by atoms with E-state index < -0.39 is 18.1 Å². The molecule has 0 spiro atoms. The Balaban J connectivity index is 1.47. The lowest BCUT2D eigenvalue weighted by Gasteiger charge is -2.12. The number of amides is 2. The summed E-state index contributed by atoms with van der Waals surface area (Å²) in [5.41, 5.74) is 3.43. The van der Waals surface area contributed by atoms with Crippen molar-refractivity contribution in [3.05, 3.63) is 72.4 Å². The van der Waals surface area contributed by atoms with E-state index in [1.807, 2.05) is 0 Å². The van der Waals surface area contributed by atoms with Crippen molar-refractivity contribution in [1.29, 1.82) is 0 Å². The second kappa shape index (κ2) is 8.42. The lowest BCUT2D eigenvalue weighted by Crippen LogP contribution is -2.20. The van der Waals surface area contributed by atoms with Gasteiger partial charge >= 0.3 is 12.4 Å². The number of ether oxygens (including phenoxy) is 1. The molecule has 32 heavy (non-hydrogen) atoms. The topological polar surface area (TPSA) is 96.1 Å². The number of aromatic nitrogens is 2. The average molecular weight is 440 g/mol. The summed E-state index contributed by atoms with van der Waals surface area (Å²) in [5.74, 6) is -0.442. The standard InChI is InChI=1S/C22H15F3N4O3/c23-22(24,25)32-17-3-1-2-16(10-17)28-21(31)27-15-6-4-14(5-7-15)18-8-13(12-30)9-20-19(18)11-26-29-20/h1-12H,(H,26,29)(H2,27,28,31). The first-order valence-electron chi connectivity index (χ1n) is 9.27. The normalized spacial score (nSPS) is 11.2. The van der Waals surface area contributed by atoms with Gasteiger partial charge < -0.3 is 15.4 Å². The number of anilines is 2. The van der Waals surface area contributed by atoms with Crippen LogP contribution < -0.4 is 15.4 Å². The molecule has 1 aromatic heterocycles. The quantitative estimate of drug-likeness (QED) is 0.353. The number of benzene rings is 3. The number of halogens is 3. The average Bonchev–Trinajstić information content (AvgIpc) is 3.21. The second-order valence-electron chi connectivity index (χ2n) is 6.75. The Morgan fingerprint density at radius 3 is 2.47 bits per heavy atom. The molecule has 162 valence electrons. The summed E-state index contributed by atoms with van der Waals surface area (Å²) < 4.78 is 40.9. The van der Waals surface area contributed by atoms with Gasteiger partial charge in [0.05, 0.1) is 11.7 Å². The number of carbonyl (C=O) groups is 2. The molecule has 10 heteroatoms. The van der Waals surface area contributed by atoms with Gasteiger partial charge in [-0.05, 0) is 47.5 Å². The summed E-state index contributed by atoms with van der Waals surface area (Å²) >= 11 is 0.